The number of benzene rings is 1. The zero-order valence-electron chi connectivity index (χ0n) is 14.2. The Morgan fingerprint density at radius 1 is 1.21 bits per heavy atom. The van der Waals surface area contributed by atoms with E-state index in [2.05, 4.69) is 15.6 Å². The van der Waals surface area contributed by atoms with Gasteiger partial charge in [-0.2, -0.15) is 0 Å². The molecule has 0 fully saturated rings. The van der Waals surface area contributed by atoms with Gasteiger partial charge < -0.3 is 15.2 Å². The summed E-state index contributed by atoms with van der Waals surface area (Å²) in [6.07, 6.45) is 0.850. The second-order valence-electron chi connectivity index (χ2n) is 6.19. The average molecular weight is 329 g/mol. The van der Waals surface area contributed by atoms with Crippen LogP contribution in [0.1, 0.15) is 27.2 Å². The van der Waals surface area contributed by atoms with E-state index in [0.29, 0.717) is 19.0 Å². The zero-order valence-corrected chi connectivity index (χ0v) is 14.2. The van der Waals surface area contributed by atoms with Gasteiger partial charge in [0.1, 0.15) is 6.04 Å². The van der Waals surface area contributed by atoms with E-state index in [1.807, 2.05) is 42.7 Å². The first kappa shape index (κ1) is 16.3. The first-order valence-electron chi connectivity index (χ1n) is 8.35. The van der Waals surface area contributed by atoms with Crippen LogP contribution >= 0.6 is 0 Å². The highest BCUT2D eigenvalue weighted by Gasteiger charge is 2.30. The van der Waals surface area contributed by atoms with Crippen LogP contribution < -0.4 is 15.5 Å². The van der Waals surface area contributed by atoms with Crippen LogP contribution in [-0.2, 0) is 11.3 Å². The van der Waals surface area contributed by atoms with Crippen molar-refractivity contribution in [2.24, 2.45) is 0 Å². The van der Waals surface area contributed by atoms with E-state index in [4.69, 9.17) is 0 Å². The van der Waals surface area contributed by atoms with Gasteiger partial charge in [0.25, 0.3) is 0 Å². The Hall–Kier alpha value is -2.57. The molecule has 0 spiro atoms. The molecule has 0 bridgehead atoms. The first-order valence-corrected chi connectivity index (χ1v) is 8.35. The molecule has 3 rings (SSSR count). The number of carbonyl (C=O) groups is 2. The van der Waals surface area contributed by atoms with Gasteiger partial charge in [0.05, 0.1) is 11.0 Å². The third kappa shape index (κ3) is 2.93. The quantitative estimate of drug-likeness (QED) is 0.899. The number of fused-ring (bicyclic) bond motifs is 3. The fourth-order valence-corrected chi connectivity index (χ4v) is 2.78. The zero-order chi connectivity index (χ0) is 17.3. The number of rotatable bonds is 4. The molecular formula is C17H23N5O2. The summed E-state index contributed by atoms with van der Waals surface area (Å²) < 4.78 is 2.03. The van der Waals surface area contributed by atoms with Crippen LogP contribution in [0.3, 0.4) is 0 Å². The van der Waals surface area contributed by atoms with Gasteiger partial charge in [-0.15, -0.1) is 0 Å². The Morgan fingerprint density at radius 2 is 1.96 bits per heavy atom. The van der Waals surface area contributed by atoms with Crippen molar-refractivity contribution in [2.45, 2.75) is 45.8 Å². The Labute approximate surface area is 141 Å². The molecule has 0 unspecified atom stereocenters. The van der Waals surface area contributed by atoms with Gasteiger partial charge in [-0.05, 0) is 32.4 Å². The predicted octanol–water partition coefficient (Wildman–Crippen LogP) is 1.87. The van der Waals surface area contributed by atoms with E-state index in [1.54, 1.807) is 11.8 Å². The van der Waals surface area contributed by atoms with Crippen LogP contribution in [0.5, 0.6) is 0 Å². The molecular weight excluding hydrogens is 306 g/mol. The van der Waals surface area contributed by atoms with Crippen LogP contribution in [0.4, 0.5) is 10.7 Å². The molecule has 7 heteroatoms. The van der Waals surface area contributed by atoms with Crippen molar-refractivity contribution in [2.75, 3.05) is 11.4 Å². The van der Waals surface area contributed by atoms with E-state index in [0.717, 1.165) is 17.5 Å². The Balaban J connectivity index is 1.70. The van der Waals surface area contributed by atoms with E-state index in [9.17, 15) is 9.59 Å². The van der Waals surface area contributed by atoms with E-state index >= 15 is 0 Å². The van der Waals surface area contributed by atoms with Crippen LogP contribution in [0, 0.1) is 0 Å². The number of nitrogens with zero attached hydrogens (tertiary/aromatic N) is 3. The number of imidazole rings is 1. The number of para-hydroxylation sites is 2. The molecule has 1 aliphatic heterocycles. The van der Waals surface area contributed by atoms with Gasteiger partial charge in [0.2, 0.25) is 11.9 Å². The molecule has 0 saturated carbocycles. The van der Waals surface area contributed by atoms with Gasteiger partial charge in [-0.25, -0.2) is 9.78 Å². The lowest BCUT2D eigenvalue weighted by molar-refractivity contribution is -0.123. The number of carbonyl (C=O) groups excluding carboxylic acids is 2. The van der Waals surface area contributed by atoms with Crippen molar-refractivity contribution >= 4 is 28.9 Å². The smallest absolute Gasteiger partial charge is 0.324 e. The van der Waals surface area contributed by atoms with Crippen molar-refractivity contribution < 1.29 is 9.59 Å². The summed E-state index contributed by atoms with van der Waals surface area (Å²) in [6, 6.07) is 7.01. The molecule has 24 heavy (non-hydrogen) atoms. The van der Waals surface area contributed by atoms with Gasteiger partial charge >= 0.3 is 6.03 Å². The number of hydrogen-bond donors (Lipinski definition) is 2. The largest absolute Gasteiger partial charge is 0.352 e. The molecule has 2 N–H and O–H groups in total. The second kappa shape index (κ2) is 6.51. The number of aromatic nitrogens is 2. The molecule has 0 radical (unpaired) electrons. The van der Waals surface area contributed by atoms with Gasteiger partial charge in [-0.3, -0.25) is 9.69 Å². The summed E-state index contributed by atoms with van der Waals surface area (Å²) in [5.41, 5.74) is 1.89. The van der Waals surface area contributed by atoms with Crippen molar-refractivity contribution in [1.82, 2.24) is 20.2 Å². The molecule has 3 amide bonds. The average Bonchev–Trinajstić information content (AvgIpc) is 3.13. The normalized spacial score (nSPS) is 15.9. The van der Waals surface area contributed by atoms with Crippen molar-refractivity contribution in [1.29, 1.82) is 0 Å². The Bertz CT molecular complexity index is 769. The minimum Gasteiger partial charge on any atom is -0.352 e. The number of hydrogen-bond acceptors (Lipinski definition) is 3. The molecule has 0 saturated heterocycles. The minimum atomic E-state index is -0.593. The lowest BCUT2D eigenvalue weighted by atomic mass is 10.2. The summed E-state index contributed by atoms with van der Waals surface area (Å²) in [5, 5.41) is 5.63. The van der Waals surface area contributed by atoms with Crippen LogP contribution in [-0.4, -0.2) is 40.1 Å². The fraction of sp³-hybridized carbons (Fsp3) is 0.471. The third-order valence-electron chi connectivity index (χ3n) is 4.40. The Kier molecular flexibility index (Phi) is 4.42. The van der Waals surface area contributed by atoms with E-state index < -0.39 is 6.04 Å². The lowest BCUT2D eigenvalue weighted by Crippen LogP contribution is -2.51. The van der Waals surface area contributed by atoms with Crippen molar-refractivity contribution in [3.63, 3.8) is 0 Å². The Morgan fingerprint density at radius 3 is 2.71 bits per heavy atom. The number of amides is 3. The molecule has 2 aromatic rings. The lowest BCUT2D eigenvalue weighted by Gasteiger charge is -2.20. The summed E-state index contributed by atoms with van der Waals surface area (Å²) >= 11 is 0. The fourth-order valence-electron chi connectivity index (χ4n) is 2.78. The third-order valence-corrected chi connectivity index (χ3v) is 4.40. The summed E-state index contributed by atoms with van der Waals surface area (Å²) in [5.74, 6) is 0.452. The second-order valence-corrected chi connectivity index (χ2v) is 6.19. The standard InChI is InChI=1S/C17H23N5O2/c1-4-11(2)18-15(23)12(3)19-17(24)22-10-9-21-14-8-6-5-7-13(14)20-16(21)22/h5-8,11-12H,4,9-10H2,1-3H3,(H,18,23)(H,19,24)/t11-,12-/m0/s1. The number of anilines is 1. The highest BCUT2D eigenvalue weighted by atomic mass is 16.2. The number of urea groups is 1. The molecule has 2 atom stereocenters. The predicted molar refractivity (Wildman–Crippen MR) is 93.0 cm³/mol. The maximum atomic E-state index is 12.5. The van der Waals surface area contributed by atoms with Gasteiger partial charge in [0, 0.05) is 19.1 Å². The summed E-state index contributed by atoms with van der Waals surface area (Å²) in [6.45, 7) is 6.89. The van der Waals surface area contributed by atoms with Crippen LogP contribution in [0.15, 0.2) is 24.3 Å². The van der Waals surface area contributed by atoms with Gasteiger partial charge in [-0.1, -0.05) is 19.1 Å². The van der Waals surface area contributed by atoms with Crippen LogP contribution in [0.25, 0.3) is 11.0 Å². The number of nitrogens with one attached hydrogen (secondary N) is 2. The van der Waals surface area contributed by atoms with Crippen molar-refractivity contribution in [3.05, 3.63) is 24.3 Å². The molecule has 1 aromatic carbocycles. The highest BCUT2D eigenvalue weighted by Crippen LogP contribution is 2.26. The van der Waals surface area contributed by atoms with Gasteiger partial charge in [0.15, 0.2) is 0 Å². The minimum absolute atomic E-state index is 0.0906. The first-order chi connectivity index (χ1) is 11.5. The van der Waals surface area contributed by atoms with E-state index in [1.165, 1.54) is 0 Å². The molecule has 128 valence electrons. The summed E-state index contributed by atoms with van der Waals surface area (Å²) in [7, 11) is 0. The molecule has 1 aromatic heterocycles. The monoisotopic (exact) mass is 329 g/mol. The maximum absolute atomic E-state index is 12.5. The summed E-state index contributed by atoms with van der Waals surface area (Å²) in [4.78, 5) is 30.7. The molecule has 1 aliphatic rings. The SMILES string of the molecule is CC[C@H](C)NC(=O)[C@H](C)NC(=O)N1CCn2c1nc1ccccc12. The van der Waals surface area contributed by atoms with Crippen LogP contribution in [0.2, 0.25) is 0 Å². The molecule has 7 nitrogen and oxygen atoms in total. The highest BCUT2D eigenvalue weighted by molar-refractivity contribution is 5.96. The molecule has 2 heterocycles. The van der Waals surface area contributed by atoms with Crippen molar-refractivity contribution in [3.8, 4) is 0 Å². The maximum Gasteiger partial charge on any atom is 0.324 e. The topological polar surface area (TPSA) is 79.3 Å². The van der Waals surface area contributed by atoms with E-state index in [-0.39, 0.29) is 18.0 Å². The molecule has 0 aliphatic carbocycles.